The molecule has 1 aliphatic carbocycles. The first kappa shape index (κ1) is 17.6. The van der Waals surface area contributed by atoms with Crippen LogP contribution in [-0.2, 0) is 21.1 Å². The third-order valence-electron chi connectivity index (χ3n) is 5.61. The lowest BCUT2D eigenvalue weighted by Crippen LogP contribution is -2.48. The minimum atomic E-state index is -3.06. The maximum Gasteiger partial charge on any atom is 0.475 e. The van der Waals surface area contributed by atoms with Crippen LogP contribution in [0.15, 0.2) is 34.9 Å². The maximum absolute atomic E-state index is 12.5. The molecule has 2 fully saturated rings. The Balaban J connectivity index is 1.46. The molecule has 3 N–H and O–H groups in total. The van der Waals surface area contributed by atoms with Crippen molar-refractivity contribution in [2.45, 2.75) is 25.2 Å². The summed E-state index contributed by atoms with van der Waals surface area (Å²) in [5.41, 5.74) is 1.02. The number of fused-ring (bicyclic) bond motifs is 1. The lowest BCUT2D eigenvalue weighted by Gasteiger charge is -2.18. The second-order valence-corrected chi connectivity index (χ2v) is 9.64. The first-order valence-electron chi connectivity index (χ1n) is 8.62. The van der Waals surface area contributed by atoms with Crippen LogP contribution in [0.1, 0.15) is 18.4 Å². The standard InChI is InChI=1S/C17H20BNO6S/c20-16(13-8-17(13)5-6-26(23,24)10-17)19-15(18(21)22)7-11-9-25-14-4-2-1-3-12(11)14/h1-4,9,13,15,21-22H,5-8,10H2,(H,19,20)/t13?,15-,17?/m0/s1. The number of para-hydroxylation sites is 1. The van der Waals surface area contributed by atoms with E-state index in [4.69, 9.17) is 4.42 Å². The van der Waals surface area contributed by atoms with Crippen LogP contribution in [0.5, 0.6) is 0 Å². The van der Waals surface area contributed by atoms with Crippen molar-refractivity contribution in [3.8, 4) is 0 Å². The van der Waals surface area contributed by atoms with Crippen molar-refractivity contribution in [1.29, 1.82) is 0 Å². The number of benzene rings is 1. The van der Waals surface area contributed by atoms with E-state index in [0.29, 0.717) is 18.4 Å². The molecule has 1 spiro atoms. The van der Waals surface area contributed by atoms with E-state index in [1.165, 1.54) is 0 Å². The minimum absolute atomic E-state index is 0.0524. The van der Waals surface area contributed by atoms with Gasteiger partial charge in [0.1, 0.15) is 5.58 Å². The fourth-order valence-electron chi connectivity index (χ4n) is 4.04. The van der Waals surface area contributed by atoms with Crippen LogP contribution in [0.3, 0.4) is 0 Å². The molecule has 1 amide bonds. The Labute approximate surface area is 151 Å². The van der Waals surface area contributed by atoms with Gasteiger partial charge in [0.2, 0.25) is 5.91 Å². The third kappa shape index (κ3) is 3.15. The van der Waals surface area contributed by atoms with Crippen LogP contribution < -0.4 is 5.32 Å². The predicted molar refractivity (Wildman–Crippen MR) is 95.9 cm³/mol. The summed E-state index contributed by atoms with van der Waals surface area (Å²) in [6.07, 6.45) is 2.81. The van der Waals surface area contributed by atoms with E-state index >= 15 is 0 Å². The molecular formula is C17H20BNO6S. The number of hydrogen-bond donors (Lipinski definition) is 3. The lowest BCUT2D eigenvalue weighted by molar-refractivity contribution is -0.123. The highest BCUT2D eigenvalue weighted by Crippen LogP contribution is 2.59. The molecule has 9 heteroatoms. The van der Waals surface area contributed by atoms with Gasteiger partial charge in [-0.1, -0.05) is 18.2 Å². The molecule has 4 rings (SSSR count). The zero-order chi connectivity index (χ0) is 18.5. The van der Waals surface area contributed by atoms with E-state index in [0.717, 1.165) is 10.9 Å². The third-order valence-corrected chi connectivity index (χ3v) is 7.45. The summed E-state index contributed by atoms with van der Waals surface area (Å²) < 4.78 is 28.8. The molecule has 2 aromatic rings. The fourth-order valence-corrected chi connectivity index (χ4v) is 6.24. The second kappa shape index (κ2) is 6.11. The average molecular weight is 377 g/mol. The van der Waals surface area contributed by atoms with Crippen molar-refractivity contribution in [2.24, 2.45) is 11.3 Å². The maximum atomic E-state index is 12.5. The Bertz CT molecular complexity index is 955. The van der Waals surface area contributed by atoms with Gasteiger partial charge < -0.3 is 19.8 Å². The summed E-state index contributed by atoms with van der Waals surface area (Å²) in [4.78, 5) is 12.5. The highest BCUT2D eigenvalue weighted by molar-refractivity contribution is 7.91. The van der Waals surface area contributed by atoms with Gasteiger partial charge in [0.25, 0.3) is 0 Å². The number of nitrogens with one attached hydrogen (secondary N) is 1. The average Bonchev–Trinajstić information content (AvgIpc) is 2.98. The quantitative estimate of drug-likeness (QED) is 0.646. The molecule has 26 heavy (non-hydrogen) atoms. The largest absolute Gasteiger partial charge is 0.475 e. The molecule has 3 atom stereocenters. The van der Waals surface area contributed by atoms with Gasteiger partial charge in [-0.3, -0.25) is 4.79 Å². The van der Waals surface area contributed by atoms with Gasteiger partial charge in [-0.05, 0) is 36.3 Å². The Kier molecular flexibility index (Phi) is 4.13. The molecule has 7 nitrogen and oxygen atoms in total. The van der Waals surface area contributed by atoms with Crippen LogP contribution in [-0.4, -0.2) is 48.9 Å². The number of sulfone groups is 1. The van der Waals surface area contributed by atoms with Crippen molar-refractivity contribution in [2.75, 3.05) is 11.5 Å². The summed E-state index contributed by atoms with van der Waals surface area (Å²) in [6, 6.07) is 7.39. The molecule has 0 bridgehead atoms. The highest BCUT2D eigenvalue weighted by atomic mass is 32.2. The van der Waals surface area contributed by atoms with E-state index in [-0.39, 0.29) is 29.8 Å². The molecule has 2 unspecified atom stereocenters. The molecule has 0 radical (unpaired) electrons. The SMILES string of the molecule is O=C(N[C@@H](Cc1coc2ccccc12)B(O)O)C1CC12CCS(=O)(=O)C2. The summed E-state index contributed by atoms with van der Waals surface area (Å²) in [5.74, 6) is -1.39. The number of carbonyl (C=O) groups is 1. The Hall–Kier alpha value is -1.84. The van der Waals surface area contributed by atoms with Crippen LogP contribution in [0, 0.1) is 11.3 Å². The van der Waals surface area contributed by atoms with E-state index in [9.17, 15) is 23.3 Å². The molecule has 1 aliphatic heterocycles. The number of rotatable bonds is 5. The van der Waals surface area contributed by atoms with E-state index in [1.54, 1.807) is 6.26 Å². The molecule has 1 saturated heterocycles. The molecule has 1 aromatic heterocycles. The van der Waals surface area contributed by atoms with Gasteiger partial charge in [0, 0.05) is 11.3 Å². The van der Waals surface area contributed by atoms with Gasteiger partial charge in [-0.25, -0.2) is 8.42 Å². The second-order valence-electron chi connectivity index (χ2n) is 7.45. The Morgan fingerprint density at radius 2 is 2.15 bits per heavy atom. The van der Waals surface area contributed by atoms with Crippen molar-refractivity contribution in [3.05, 3.63) is 36.1 Å². The Morgan fingerprint density at radius 3 is 2.85 bits per heavy atom. The smallest absolute Gasteiger partial charge is 0.464 e. The molecule has 138 valence electrons. The van der Waals surface area contributed by atoms with Crippen molar-refractivity contribution < 1.29 is 27.7 Å². The van der Waals surface area contributed by atoms with Crippen LogP contribution in [0.2, 0.25) is 0 Å². The summed E-state index contributed by atoms with van der Waals surface area (Å²) >= 11 is 0. The molecule has 2 heterocycles. The summed E-state index contributed by atoms with van der Waals surface area (Å²) in [5, 5.41) is 22.9. The van der Waals surface area contributed by atoms with Gasteiger partial charge in [-0.2, -0.15) is 0 Å². The molecule has 2 aliphatic rings. The van der Waals surface area contributed by atoms with Gasteiger partial charge >= 0.3 is 7.12 Å². The molecule has 1 saturated carbocycles. The van der Waals surface area contributed by atoms with Crippen LogP contribution >= 0.6 is 0 Å². The van der Waals surface area contributed by atoms with Gasteiger partial charge in [0.05, 0.1) is 23.7 Å². The van der Waals surface area contributed by atoms with E-state index < -0.39 is 28.3 Å². The van der Waals surface area contributed by atoms with Crippen LogP contribution in [0.4, 0.5) is 0 Å². The first-order chi connectivity index (χ1) is 12.3. The molecular weight excluding hydrogens is 357 g/mol. The first-order valence-corrected chi connectivity index (χ1v) is 10.4. The highest BCUT2D eigenvalue weighted by Gasteiger charge is 2.62. The zero-order valence-corrected chi connectivity index (χ0v) is 14.9. The molecule has 1 aromatic carbocycles. The van der Waals surface area contributed by atoms with Gasteiger partial charge in [-0.15, -0.1) is 0 Å². The lowest BCUT2D eigenvalue weighted by atomic mass is 9.75. The van der Waals surface area contributed by atoms with E-state index in [2.05, 4.69) is 5.32 Å². The number of amides is 1. The Morgan fingerprint density at radius 1 is 1.38 bits per heavy atom. The van der Waals surface area contributed by atoms with E-state index in [1.807, 2.05) is 24.3 Å². The van der Waals surface area contributed by atoms with Crippen molar-refractivity contribution >= 4 is 33.8 Å². The monoisotopic (exact) mass is 377 g/mol. The zero-order valence-electron chi connectivity index (χ0n) is 14.1. The van der Waals surface area contributed by atoms with Gasteiger partial charge in [0.15, 0.2) is 9.84 Å². The van der Waals surface area contributed by atoms with Crippen LogP contribution in [0.25, 0.3) is 11.0 Å². The number of furan rings is 1. The minimum Gasteiger partial charge on any atom is -0.464 e. The fraction of sp³-hybridized carbons (Fsp3) is 0.471. The van der Waals surface area contributed by atoms with Crippen molar-refractivity contribution in [3.63, 3.8) is 0 Å². The number of carbonyl (C=O) groups excluding carboxylic acids is 1. The summed E-state index contributed by atoms with van der Waals surface area (Å²) in [6.45, 7) is 0. The topological polar surface area (TPSA) is 117 Å². The normalized spacial score (nSPS) is 27.5. The number of hydrogen-bond acceptors (Lipinski definition) is 6. The summed E-state index contributed by atoms with van der Waals surface area (Å²) in [7, 11) is -4.79. The predicted octanol–water partition coefficient (Wildman–Crippen LogP) is 0.297. The van der Waals surface area contributed by atoms with Crippen molar-refractivity contribution in [1.82, 2.24) is 5.32 Å².